The smallest absolute Gasteiger partial charge is 0.227 e. The maximum atomic E-state index is 12.4. The van der Waals surface area contributed by atoms with E-state index in [1.54, 1.807) is 4.90 Å². The normalized spacial score (nSPS) is 24.3. The van der Waals surface area contributed by atoms with Crippen molar-refractivity contribution in [2.24, 2.45) is 5.92 Å². The highest BCUT2D eigenvalue weighted by Crippen LogP contribution is 2.35. The minimum Gasteiger partial charge on any atom is -0.486 e. The van der Waals surface area contributed by atoms with Gasteiger partial charge in [-0.25, -0.2) is 0 Å². The van der Waals surface area contributed by atoms with Gasteiger partial charge in [-0.3, -0.25) is 9.59 Å². The number of benzene rings is 1. The Labute approximate surface area is 158 Å². The first-order valence-corrected chi connectivity index (χ1v) is 8.92. The number of ether oxygens (including phenoxy) is 2. The number of nitrogens with one attached hydrogen (secondary N) is 2. The molecule has 8 heteroatoms. The molecule has 3 aliphatic heterocycles. The van der Waals surface area contributed by atoms with Crippen molar-refractivity contribution in [2.75, 3.05) is 37.7 Å². The van der Waals surface area contributed by atoms with Crippen molar-refractivity contribution in [3.8, 4) is 11.5 Å². The summed E-state index contributed by atoms with van der Waals surface area (Å²) >= 11 is 0. The second-order valence-corrected chi connectivity index (χ2v) is 6.77. The summed E-state index contributed by atoms with van der Waals surface area (Å²) in [7, 11) is 0. The third-order valence-corrected chi connectivity index (χ3v) is 5.02. The van der Waals surface area contributed by atoms with Crippen LogP contribution in [0.1, 0.15) is 19.3 Å². The molecule has 0 bridgehead atoms. The van der Waals surface area contributed by atoms with E-state index in [0.717, 1.165) is 25.1 Å². The molecular formula is C18H24ClN3O4. The van der Waals surface area contributed by atoms with Gasteiger partial charge in [0.05, 0.1) is 5.92 Å². The van der Waals surface area contributed by atoms with Crippen molar-refractivity contribution in [2.45, 2.75) is 25.3 Å². The number of halogens is 1. The molecule has 142 valence electrons. The van der Waals surface area contributed by atoms with E-state index in [9.17, 15) is 9.59 Å². The van der Waals surface area contributed by atoms with Crippen molar-refractivity contribution in [1.29, 1.82) is 0 Å². The Morgan fingerprint density at radius 1 is 1.27 bits per heavy atom. The quantitative estimate of drug-likeness (QED) is 0.816. The summed E-state index contributed by atoms with van der Waals surface area (Å²) in [5.41, 5.74) is 0.752. The van der Waals surface area contributed by atoms with Crippen LogP contribution < -0.4 is 25.0 Å². The molecule has 2 atom stereocenters. The average molecular weight is 382 g/mol. The lowest BCUT2D eigenvalue weighted by atomic mass is 10.1. The van der Waals surface area contributed by atoms with Crippen LogP contribution >= 0.6 is 12.4 Å². The first-order chi connectivity index (χ1) is 12.2. The van der Waals surface area contributed by atoms with Crippen molar-refractivity contribution in [3.63, 3.8) is 0 Å². The number of rotatable bonds is 4. The van der Waals surface area contributed by atoms with Crippen LogP contribution in [0.4, 0.5) is 5.69 Å². The van der Waals surface area contributed by atoms with Crippen LogP contribution in [0, 0.1) is 5.92 Å². The first-order valence-electron chi connectivity index (χ1n) is 8.92. The second-order valence-electron chi connectivity index (χ2n) is 6.77. The molecule has 1 aromatic carbocycles. The van der Waals surface area contributed by atoms with Crippen LogP contribution in [0.5, 0.6) is 11.5 Å². The van der Waals surface area contributed by atoms with E-state index in [0.29, 0.717) is 43.8 Å². The SMILES string of the molecule is Cl.O=C(NCC1CCCN1)C1CC(=O)N(c2ccc3c(c2)OCCO3)C1. The molecule has 26 heavy (non-hydrogen) atoms. The fraction of sp³-hybridized carbons (Fsp3) is 0.556. The van der Waals surface area contributed by atoms with Crippen LogP contribution in [0.2, 0.25) is 0 Å². The highest BCUT2D eigenvalue weighted by Gasteiger charge is 2.35. The Hall–Kier alpha value is -1.99. The van der Waals surface area contributed by atoms with E-state index < -0.39 is 0 Å². The van der Waals surface area contributed by atoms with Gasteiger partial charge in [0.25, 0.3) is 0 Å². The summed E-state index contributed by atoms with van der Waals surface area (Å²) in [6, 6.07) is 5.83. The molecule has 0 spiro atoms. The summed E-state index contributed by atoms with van der Waals surface area (Å²) in [5.74, 6) is 0.969. The number of amides is 2. The Balaban J connectivity index is 0.00000196. The fourth-order valence-electron chi connectivity index (χ4n) is 3.63. The lowest BCUT2D eigenvalue weighted by Gasteiger charge is -2.22. The number of carbonyl (C=O) groups is 2. The van der Waals surface area contributed by atoms with Crippen LogP contribution in [-0.4, -0.2) is 50.7 Å². The Morgan fingerprint density at radius 2 is 2.08 bits per heavy atom. The summed E-state index contributed by atoms with van der Waals surface area (Å²) in [6.45, 7) is 3.09. The molecule has 0 aromatic heterocycles. The van der Waals surface area contributed by atoms with Gasteiger partial charge in [-0.15, -0.1) is 12.4 Å². The second kappa shape index (κ2) is 8.14. The number of fused-ring (bicyclic) bond motifs is 1. The summed E-state index contributed by atoms with van der Waals surface area (Å²) in [6.07, 6.45) is 2.49. The maximum absolute atomic E-state index is 12.4. The molecule has 0 radical (unpaired) electrons. The maximum Gasteiger partial charge on any atom is 0.227 e. The number of anilines is 1. The molecular weight excluding hydrogens is 358 g/mol. The summed E-state index contributed by atoms with van der Waals surface area (Å²) in [5, 5.41) is 6.34. The zero-order valence-electron chi connectivity index (χ0n) is 14.5. The molecule has 2 saturated heterocycles. The third-order valence-electron chi connectivity index (χ3n) is 5.02. The Morgan fingerprint density at radius 3 is 2.85 bits per heavy atom. The van der Waals surface area contributed by atoms with Gasteiger partial charge in [0.2, 0.25) is 11.8 Å². The van der Waals surface area contributed by atoms with Crippen LogP contribution in [0.15, 0.2) is 18.2 Å². The molecule has 2 N–H and O–H groups in total. The van der Waals surface area contributed by atoms with E-state index in [1.807, 2.05) is 18.2 Å². The number of hydrogen-bond donors (Lipinski definition) is 2. The summed E-state index contributed by atoms with van der Waals surface area (Å²) < 4.78 is 11.1. The third kappa shape index (κ3) is 3.88. The van der Waals surface area contributed by atoms with E-state index >= 15 is 0 Å². The lowest BCUT2D eigenvalue weighted by molar-refractivity contribution is -0.126. The zero-order valence-corrected chi connectivity index (χ0v) is 15.3. The van der Waals surface area contributed by atoms with Gasteiger partial charge in [0.1, 0.15) is 13.2 Å². The fourth-order valence-corrected chi connectivity index (χ4v) is 3.63. The number of carbonyl (C=O) groups excluding carboxylic acids is 2. The predicted molar refractivity (Wildman–Crippen MR) is 99.2 cm³/mol. The van der Waals surface area contributed by atoms with Crippen molar-refractivity contribution in [1.82, 2.24) is 10.6 Å². The van der Waals surface area contributed by atoms with Gasteiger partial charge in [-0.1, -0.05) is 0 Å². The minimum absolute atomic E-state index is 0. The van der Waals surface area contributed by atoms with Gasteiger partial charge < -0.3 is 25.0 Å². The average Bonchev–Trinajstić information content (AvgIpc) is 3.29. The standard InChI is InChI=1S/C18H23N3O4.ClH/c22-17-8-12(18(23)20-10-13-2-1-5-19-13)11-21(17)14-3-4-15-16(9-14)25-7-6-24-15;/h3-4,9,12-13,19H,1-2,5-8,10-11H2,(H,20,23);1H. The largest absolute Gasteiger partial charge is 0.486 e. The van der Waals surface area contributed by atoms with Crippen LogP contribution in [-0.2, 0) is 9.59 Å². The predicted octanol–water partition coefficient (Wildman–Crippen LogP) is 1.10. The van der Waals surface area contributed by atoms with E-state index in [2.05, 4.69) is 10.6 Å². The molecule has 7 nitrogen and oxygen atoms in total. The van der Waals surface area contributed by atoms with Crippen LogP contribution in [0.3, 0.4) is 0 Å². The van der Waals surface area contributed by atoms with Gasteiger partial charge in [0, 0.05) is 37.3 Å². The molecule has 2 amide bonds. The Kier molecular flexibility index (Phi) is 5.88. The van der Waals surface area contributed by atoms with E-state index in [4.69, 9.17) is 9.47 Å². The van der Waals surface area contributed by atoms with Gasteiger partial charge in [0.15, 0.2) is 11.5 Å². The van der Waals surface area contributed by atoms with Gasteiger partial charge in [-0.05, 0) is 31.5 Å². The number of nitrogens with zero attached hydrogens (tertiary/aromatic N) is 1. The van der Waals surface area contributed by atoms with Crippen LogP contribution in [0.25, 0.3) is 0 Å². The van der Waals surface area contributed by atoms with Gasteiger partial charge >= 0.3 is 0 Å². The molecule has 0 saturated carbocycles. The van der Waals surface area contributed by atoms with Crippen molar-refractivity contribution < 1.29 is 19.1 Å². The highest BCUT2D eigenvalue weighted by atomic mass is 35.5. The van der Waals surface area contributed by atoms with E-state index in [1.165, 1.54) is 0 Å². The Bertz CT molecular complexity index is 678. The summed E-state index contributed by atoms with van der Waals surface area (Å²) in [4.78, 5) is 26.4. The topological polar surface area (TPSA) is 79.9 Å². The van der Waals surface area contributed by atoms with E-state index in [-0.39, 0.29) is 36.6 Å². The van der Waals surface area contributed by atoms with Gasteiger partial charge in [-0.2, -0.15) is 0 Å². The monoisotopic (exact) mass is 381 g/mol. The lowest BCUT2D eigenvalue weighted by Crippen LogP contribution is -2.40. The highest BCUT2D eigenvalue weighted by molar-refractivity contribution is 6.00. The molecule has 3 aliphatic rings. The van der Waals surface area contributed by atoms with Crippen molar-refractivity contribution in [3.05, 3.63) is 18.2 Å². The zero-order chi connectivity index (χ0) is 17.2. The molecule has 3 heterocycles. The molecule has 2 unspecified atom stereocenters. The first kappa shape index (κ1) is 18.8. The van der Waals surface area contributed by atoms with Crippen molar-refractivity contribution >= 4 is 29.9 Å². The number of hydrogen-bond acceptors (Lipinski definition) is 5. The molecule has 0 aliphatic carbocycles. The molecule has 1 aromatic rings. The minimum atomic E-state index is -0.304. The molecule has 4 rings (SSSR count). The molecule has 2 fully saturated rings.